The van der Waals surface area contributed by atoms with Crippen LogP contribution in [0.4, 0.5) is 0 Å². The van der Waals surface area contributed by atoms with Crippen molar-refractivity contribution < 1.29 is 10.0 Å². The van der Waals surface area contributed by atoms with Gasteiger partial charge in [-0.2, -0.15) is 0 Å². The number of piperidine rings is 1. The van der Waals surface area contributed by atoms with E-state index in [1.807, 2.05) is 12.3 Å². The third-order valence-corrected chi connectivity index (χ3v) is 2.85. The molecule has 4 nitrogen and oxygen atoms in total. The first-order valence-electron chi connectivity index (χ1n) is 5.29. The van der Waals surface area contributed by atoms with Crippen LogP contribution in [0.25, 0.3) is 0 Å². The highest BCUT2D eigenvalue weighted by molar-refractivity contribution is 6.58. The average molecular weight is 206 g/mol. The first kappa shape index (κ1) is 10.6. The van der Waals surface area contributed by atoms with E-state index in [2.05, 4.69) is 10.3 Å². The molecule has 1 fully saturated rings. The van der Waals surface area contributed by atoms with Gasteiger partial charge in [-0.25, -0.2) is 0 Å². The summed E-state index contributed by atoms with van der Waals surface area (Å²) in [4.78, 5) is 4.03. The molecule has 1 atom stereocenters. The van der Waals surface area contributed by atoms with Gasteiger partial charge in [0, 0.05) is 24.4 Å². The van der Waals surface area contributed by atoms with Crippen LogP contribution < -0.4 is 10.8 Å². The minimum atomic E-state index is -1.42. The topological polar surface area (TPSA) is 65.4 Å². The van der Waals surface area contributed by atoms with E-state index >= 15 is 0 Å². The summed E-state index contributed by atoms with van der Waals surface area (Å²) in [6.45, 7) is 2.03. The first-order valence-corrected chi connectivity index (χ1v) is 5.29. The number of hydrogen-bond acceptors (Lipinski definition) is 4. The fourth-order valence-electron chi connectivity index (χ4n) is 1.98. The Morgan fingerprint density at radius 2 is 2.27 bits per heavy atom. The van der Waals surface area contributed by atoms with Crippen molar-refractivity contribution in [3.63, 3.8) is 0 Å². The Balaban J connectivity index is 2.16. The molecule has 1 aliphatic heterocycles. The van der Waals surface area contributed by atoms with Gasteiger partial charge in [0.05, 0.1) is 0 Å². The van der Waals surface area contributed by atoms with Crippen LogP contribution in [-0.4, -0.2) is 35.2 Å². The van der Waals surface area contributed by atoms with Crippen LogP contribution in [0.2, 0.25) is 0 Å². The van der Waals surface area contributed by atoms with Crippen LogP contribution in [0.15, 0.2) is 18.5 Å². The van der Waals surface area contributed by atoms with Crippen molar-refractivity contribution >= 4 is 12.6 Å². The molecule has 15 heavy (non-hydrogen) atoms. The molecule has 1 saturated heterocycles. The lowest BCUT2D eigenvalue weighted by atomic mass is 9.79. The molecule has 0 radical (unpaired) electrons. The predicted octanol–water partition coefficient (Wildman–Crippen LogP) is -0.772. The molecule has 0 saturated carbocycles. The minimum absolute atomic E-state index is 0.449. The van der Waals surface area contributed by atoms with E-state index in [0.29, 0.717) is 11.4 Å². The molecule has 0 aromatic carbocycles. The molecule has 1 aromatic heterocycles. The molecule has 80 valence electrons. The van der Waals surface area contributed by atoms with Crippen LogP contribution in [0.5, 0.6) is 0 Å². The van der Waals surface area contributed by atoms with Crippen molar-refractivity contribution in [3.8, 4) is 0 Å². The van der Waals surface area contributed by atoms with Crippen molar-refractivity contribution in [2.45, 2.75) is 18.8 Å². The standard InChI is InChI=1S/C10H15BN2O2/c14-11(15)10-4-9(6-13-7-10)8-2-1-3-12-5-8/h4,6-8,12,14-15H,1-3,5H2. The largest absolute Gasteiger partial charge is 0.490 e. The summed E-state index contributed by atoms with van der Waals surface area (Å²) < 4.78 is 0. The van der Waals surface area contributed by atoms with Gasteiger partial charge in [-0.05, 0) is 30.9 Å². The second-order valence-electron chi connectivity index (χ2n) is 3.97. The maximum atomic E-state index is 9.05. The van der Waals surface area contributed by atoms with Crippen LogP contribution in [0, 0.1) is 0 Å². The Bertz CT molecular complexity index is 327. The van der Waals surface area contributed by atoms with E-state index < -0.39 is 7.12 Å². The molecule has 1 aliphatic rings. The maximum Gasteiger partial charge on any atom is 0.490 e. The number of hydrogen-bond donors (Lipinski definition) is 3. The maximum absolute atomic E-state index is 9.05. The second kappa shape index (κ2) is 4.74. The van der Waals surface area contributed by atoms with Gasteiger partial charge in [-0.15, -0.1) is 0 Å². The Morgan fingerprint density at radius 1 is 1.40 bits per heavy atom. The van der Waals surface area contributed by atoms with Crippen LogP contribution in [-0.2, 0) is 0 Å². The van der Waals surface area contributed by atoms with Crippen molar-refractivity contribution in [3.05, 3.63) is 24.0 Å². The van der Waals surface area contributed by atoms with Gasteiger partial charge < -0.3 is 15.4 Å². The number of aromatic nitrogens is 1. The van der Waals surface area contributed by atoms with Gasteiger partial charge in [0.2, 0.25) is 0 Å². The molecule has 5 heteroatoms. The van der Waals surface area contributed by atoms with E-state index in [-0.39, 0.29) is 0 Å². The summed E-state index contributed by atoms with van der Waals surface area (Å²) >= 11 is 0. The van der Waals surface area contributed by atoms with Crippen LogP contribution >= 0.6 is 0 Å². The lowest BCUT2D eigenvalue weighted by Gasteiger charge is -2.23. The smallest absolute Gasteiger partial charge is 0.423 e. The van der Waals surface area contributed by atoms with Crippen LogP contribution in [0.3, 0.4) is 0 Å². The molecule has 2 rings (SSSR count). The summed E-state index contributed by atoms with van der Waals surface area (Å²) in [7, 11) is -1.42. The number of rotatable bonds is 2. The SMILES string of the molecule is OB(O)c1cncc(C2CCCNC2)c1. The van der Waals surface area contributed by atoms with Gasteiger partial charge >= 0.3 is 7.12 Å². The Kier molecular flexibility index (Phi) is 3.35. The van der Waals surface area contributed by atoms with E-state index in [4.69, 9.17) is 10.0 Å². The van der Waals surface area contributed by atoms with Gasteiger partial charge in [-0.3, -0.25) is 4.98 Å². The molecule has 1 aromatic rings. The predicted molar refractivity (Wildman–Crippen MR) is 58.9 cm³/mol. The fourth-order valence-corrected chi connectivity index (χ4v) is 1.98. The normalized spacial score (nSPS) is 21.3. The van der Waals surface area contributed by atoms with Crippen molar-refractivity contribution in [1.82, 2.24) is 10.3 Å². The second-order valence-corrected chi connectivity index (χ2v) is 3.97. The van der Waals surface area contributed by atoms with Crippen molar-refractivity contribution in [2.75, 3.05) is 13.1 Å². The molecule has 3 N–H and O–H groups in total. The third kappa shape index (κ3) is 2.56. The lowest BCUT2D eigenvalue weighted by Crippen LogP contribution is -2.32. The van der Waals surface area contributed by atoms with E-state index in [9.17, 15) is 0 Å². The molecular formula is C10H15BN2O2. The number of nitrogens with one attached hydrogen (secondary N) is 1. The monoisotopic (exact) mass is 206 g/mol. The fraction of sp³-hybridized carbons (Fsp3) is 0.500. The average Bonchev–Trinajstić information content (AvgIpc) is 2.30. The number of pyridine rings is 1. The Morgan fingerprint density at radius 3 is 2.93 bits per heavy atom. The zero-order valence-electron chi connectivity index (χ0n) is 8.56. The van der Waals surface area contributed by atoms with Gasteiger partial charge in [0.1, 0.15) is 0 Å². The third-order valence-electron chi connectivity index (χ3n) is 2.85. The number of nitrogens with zero attached hydrogens (tertiary/aromatic N) is 1. The summed E-state index contributed by atoms with van der Waals surface area (Å²) in [5.74, 6) is 0.449. The molecule has 2 heterocycles. The highest BCUT2D eigenvalue weighted by Crippen LogP contribution is 2.21. The molecule has 1 unspecified atom stereocenters. The van der Waals surface area contributed by atoms with Gasteiger partial charge in [-0.1, -0.05) is 6.07 Å². The molecule has 0 spiro atoms. The quantitative estimate of drug-likeness (QED) is 0.556. The Hall–Kier alpha value is -0.905. The summed E-state index contributed by atoms with van der Waals surface area (Å²) in [6.07, 6.45) is 5.60. The highest BCUT2D eigenvalue weighted by atomic mass is 16.4. The summed E-state index contributed by atoms with van der Waals surface area (Å²) in [5, 5.41) is 21.4. The lowest BCUT2D eigenvalue weighted by molar-refractivity contribution is 0.425. The van der Waals surface area contributed by atoms with E-state index in [0.717, 1.165) is 31.5 Å². The van der Waals surface area contributed by atoms with E-state index in [1.54, 1.807) is 0 Å². The highest BCUT2D eigenvalue weighted by Gasteiger charge is 2.18. The molecular weight excluding hydrogens is 191 g/mol. The van der Waals surface area contributed by atoms with Crippen molar-refractivity contribution in [2.24, 2.45) is 0 Å². The summed E-state index contributed by atoms with van der Waals surface area (Å²) in [6, 6.07) is 1.83. The van der Waals surface area contributed by atoms with E-state index in [1.165, 1.54) is 6.20 Å². The zero-order valence-corrected chi connectivity index (χ0v) is 8.56. The Labute approximate surface area is 89.5 Å². The summed E-state index contributed by atoms with van der Waals surface area (Å²) in [5.41, 5.74) is 1.56. The molecule has 0 amide bonds. The zero-order chi connectivity index (χ0) is 10.7. The first-order chi connectivity index (χ1) is 7.27. The van der Waals surface area contributed by atoms with Gasteiger partial charge in [0.15, 0.2) is 0 Å². The minimum Gasteiger partial charge on any atom is -0.423 e. The molecule has 0 bridgehead atoms. The van der Waals surface area contributed by atoms with Crippen molar-refractivity contribution in [1.29, 1.82) is 0 Å². The van der Waals surface area contributed by atoms with Crippen LogP contribution in [0.1, 0.15) is 24.3 Å². The molecule has 0 aliphatic carbocycles. The van der Waals surface area contributed by atoms with Gasteiger partial charge in [0.25, 0.3) is 0 Å².